The Bertz CT molecular complexity index is 1230. The van der Waals surface area contributed by atoms with Gasteiger partial charge in [0.2, 0.25) is 5.91 Å². The topological polar surface area (TPSA) is 93.2 Å². The van der Waals surface area contributed by atoms with Gasteiger partial charge in [0.1, 0.15) is 16.5 Å². The molecule has 2 N–H and O–H groups in total. The number of carbonyl (C=O) groups excluding carboxylic acids is 2. The van der Waals surface area contributed by atoms with Crippen LogP contribution < -0.4 is 15.4 Å². The van der Waals surface area contributed by atoms with Gasteiger partial charge in [0.25, 0.3) is 5.91 Å². The molecule has 4 rings (SSSR count). The smallest absolute Gasteiger partial charge is 0.276 e. The van der Waals surface area contributed by atoms with Crippen LogP contribution in [-0.2, 0) is 11.3 Å². The number of carbonyl (C=O) groups is 2. The number of rotatable bonds is 8. The Morgan fingerprint density at radius 2 is 1.84 bits per heavy atom. The number of amides is 2. The highest BCUT2D eigenvalue weighted by atomic mass is 32.1. The molecule has 32 heavy (non-hydrogen) atoms. The summed E-state index contributed by atoms with van der Waals surface area (Å²) in [7, 11) is 0. The van der Waals surface area contributed by atoms with Crippen LogP contribution in [0.15, 0.2) is 47.2 Å². The number of hydrogen-bond acceptors (Lipinski definition) is 8. The number of ether oxygens (including phenoxy) is 1. The molecule has 0 aliphatic heterocycles. The van der Waals surface area contributed by atoms with E-state index >= 15 is 0 Å². The Labute approximate surface area is 197 Å². The van der Waals surface area contributed by atoms with E-state index in [0.29, 0.717) is 24.0 Å². The zero-order valence-corrected chi connectivity index (χ0v) is 19.8. The number of thiophene rings is 1. The molecule has 0 radical (unpaired) electrons. The fourth-order valence-electron chi connectivity index (χ4n) is 2.80. The second-order valence-electron chi connectivity index (χ2n) is 6.66. The number of nitrogens with one attached hydrogen (secondary N) is 2. The summed E-state index contributed by atoms with van der Waals surface area (Å²) in [5, 5.41) is 10.5. The molecule has 0 spiro atoms. The Morgan fingerprint density at radius 1 is 1.03 bits per heavy atom. The molecular weight excluding hydrogens is 464 g/mol. The third-order valence-electron chi connectivity index (χ3n) is 4.30. The molecular formula is C22H20N4O3S3. The van der Waals surface area contributed by atoms with E-state index in [1.54, 1.807) is 16.7 Å². The summed E-state index contributed by atoms with van der Waals surface area (Å²) < 4.78 is 5.46. The van der Waals surface area contributed by atoms with Crippen LogP contribution >= 0.6 is 34.0 Å². The van der Waals surface area contributed by atoms with Gasteiger partial charge in [-0.25, -0.2) is 9.97 Å². The van der Waals surface area contributed by atoms with Gasteiger partial charge in [-0.05, 0) is 43.3 Å². The summed E-state index contributed by atoms with van der Waals surface area (Å²) in [6.07, 6.45) is 0. The maximum atomic E-state index is 12.6. The molecule has 164 valence electrons. The number of anilines is 1. The quantitative estimate of drug-likeness (QED) is 0.355. The Morgan fingerprint density at radius 3 is 2.59 bits per heavy atom. The molecule has 0 fully saturated rings. The molecule has 0 bridgehead atoms. The lowest BCUT2D eigenvalue weighted by atomic mass is 10.2. The van der Waals surface area contributed by atoms with Gasteiger partial charge in [0.05, 0.1) is 23.7 Å². The molecule has 0 aliphatic rings. The lowest BCUT2D eigenvalue weighted by molar-refractivity contribution is -0.119. The Hall–Kier alpha value is -3.08. The highest BCUT2D eigenvalue weighted by Crippen LogP contribution is 2.31. The lowest BCUT2D eigenvalue weighted by Crippen LogP contribution is -2.17. The minimum Gasteiger partial charge on any atom is -0.494 e. The number of aromatic nitrogens is 2. The second kappa shape index (κ2) is 10.0. The zero-order chi connectivity index (χ0) is 22.5. The van der Waals surface area contributed by atoms with Crippen LogP contribution in [-0.4, -0.2) is 28.4 Å². The van der Waals surface area contributed by atoms with Crippen molar-refractivity contribution in [3.8, 4) is 26.9 Å². The maximum Gasteiger partial charge on any atom is 0.276 e. The van der Waals surface area contributed by atoms with E-state index in [-0.39, 0.29) is 11.8 Å². The van der Waals surface area contributed by atoms with Crippen LogP contribution in [0.25, 0.3) is 21.1 Å². The van der Waals surface area contributed by atoms with E-state index in [2.05, 4.69) is 20.6 Å². The average molecular weight is 485 g/mol. The molecule has 0 saturated heterocycles. The van der Waals surface area contributed by atoms with Gasteiger partial charge < -0.3 is 10.1 Å². The van der Waals surface area contributed by atoms with Crippen molar-refractivity contribution in [3.63, 3.8) is 0 Å². The van der Waals surface area contributed by atoms with Gasteiger partial charge >= 0.3 is 0 Å². The summed E-state index contributed by atoms with van der Waals surface area (Å²) in [5.74, 6) is 0.446. The summed E-state index contributed by atoms with van der Waals surface area (Å²) in [4.78, 5) is 34.7. The normalized spacial score (nSPS) is 10.7. The van der Waals surface area contributed by atoms with Crippen LogP contribution in [0.1, 0.15) is 29.2 Å². The number of hydrogen-bond donors (Lipinski definition) is 2. The van der Waals surface area contributed by atoms with Crippen molar-refractivity contribution in [3.05, 3.63) is 57.7 Å². The molecule has 2 amide bonds. The minimum absolute atomic E-state index is 0.0636. The van der Waals surface area contributed by atoms with Crippen molar-refractivity contribution < 1.29 is 14.3 Å². The predicted octanol–water partition coefficient (Wildman–Crippen LogP) is 5.28. The fraction of sp³-hybridized carbons (Fsp3) is 0.182. The van der Waals surface area contributed by atoms with Crippen LogP contribution in [0.5, 0.6) is 5.75 Å². The van der Waals surface area contributed by atoms with Crippen LogP contribution in [0.3, 0.4) is 0 Å². The molecule has 7 nitrogen and oxygen atoms in total. The van der Waals surface area contributed by atoms with Crippen LogP contribution in [0.2, 0.25) is 0 Å². The summed E-state index contributed by atoms with van der Waals surface area (Å²) in [5.41, 5.74) is 2.07. The Kier molecular flexibility index (Phi) is 6.93. The van der Waals surface area contributed by atoms with Gasteiger partial charge in [0.15, 0.2) is 5.13 Å². The fourth-order valence-corrected chi connectivity index (χ4v) is 5.29. The first-order valence-electron chi connectivity index (χ1n) is 9.81. The molecule has 0 unspecified atom stereocenters. The summed E-state index contributed by atoms with van der Waals surface area (Å²) in [6.45, 7) is 4.54. The molecule has 3 aromatic heterocycles. The van der Waals surface area contributed by atoms with Crippen LogP contribution in [0, 0.1) is 0 Å². The molecule has 1 aromatic carbocycles. The van der Waals surface area contributed by atoms with Gasteiger partial charge in [0, 0.05) is 28.1 Å². The maximum absolute atomic E-state index is 12.6. The van der Waals surface area contributed by atoms with E-state index in [1.807, 2.05) is 48.7 Å². The van der Waals surface area contributed by atoms with Crippen molar-refractivity contribution >= 4 is 51.0 Å². The monoisotopic (exact) mass is 484 g/mol. The van der Waals surface area contributed by atoms with Gasteiger partial charge in [-0.15, -0.1) is 34.0 Å². The first-order chi connectivity index (χ1) is 15.5. The predicted molar refractivity (Wildman–Crippen MR) is 130 cm³/mol. The minimum atomic E-state index is -0.295. The standard InChI is InChI=1S/C22H20N4O3S3/c1-3-29-15-6-4-14(5-7-15)21-24-18(12-30-21)20(28)26-22-25-17(11-31-22)19-9-8-16(32-19)10-23-13(2)27/h4-9,11-12H,3,10H2,1-2H3,(H,23,27)(H,25,26,28). The molecule has 10 heteroatoms. The van der Waals surface area contributed by atoms with Crippen molar-refractivity contribution in [1.82, 2.24) is 15.3 Å². The molecule has 3 heterocycles. The van der Waals surface area contributed by atoms with Crippen molar-refractivity contribution in [2.75, 3.05) is 11.9 Å². The SMILES string of the molecule is CCOc1ccc(-c2nc(C(=O)Nc3nc(-c4ccc(CNC(C)=O)s4)cs3)cs2)cc1. The van der Waals surface area contributed by atoms with Gasteiger partial charge in [-0.2, -0.15) is 0 Å². The largest absolute Gasteiger partial charge is 0.494 e. The van der Waals surface area contributed by atoms with Crippen molar-refractivity contribution in [1.29, 1.82) is 0 Å². The number of nitrogens with zero attached hydrogens (tertiary/aromatic N) is 2. The first kappa shape index (κ1) is 22.1. The second-order valence-corrected chi connectivity index (χ2v) is 9.55. The van der Waals surface area contributed by atoms with E-state index < -0.39 is 0 Å². The summed E-state index contributed by atoms with van der Waals surface area (Å²) in [6, 6.07) is 11.6. The van der Waals surface area contributed by atoms with Crippen molar-refractivity contribution in [2.45, 2.75) is 20.4 Å². The zero-order valence-electron chi connectivity index (χ0n) is 17.4. The van der Waals surface area contributed by atoms with Crippen LogP contribution in [0.4, 0.5) is 5.13 Å². The number of benzene rings is 1. The lowest BCUT2D eigenvalue weighted by Gasteiger charge is -2.03. The highest BCUT2D eigenvalue weighted by Gasteiger charge is 2.15. The Balaban J connectivity index is 1.40. The highest BCUT2D eigenvalue weighted by molar-refractivity contribution is 7.17. The van der Waals surface area contributed by atoms with Gasteiger partial charge in [-0.3, -0.25) is 14.9 Å². The molecule has 0 aliphatic carbocycles. The van der Waals surface area contributed by atoms with E-state index in [0.717, 1.165) is 31.8 Å². The van der Waals surface area contributed by atoms with Crippen molar-refractivity contribution in [2.24, 2.45) is 0 Å². The molecule has 4 aromatic rings. The van der Waals surface area contributed by atoms with E-state index in [1.165, 1.54) is 29.6 Å². The number of thiazole rings is 2. The first-order valence-corrected chi connectivity index (χ1v) is 12.4. The average Bonchev–Trinajstić information content (AvgIpc) is 3.53. The molecule has 0 atom stereocenters. The van der Waals surface area contributed by atoms with E-state index in [4.69, 9.17) is 4.74 Å². The van der Waals surface area contributed by atoms with E-state index in [9.17, 15) is 9.59 Å². The third kappa shape index (κ3) is 5.39. The molecule has 0 saturated carbocycles. The van der Waals surface area contributed by atoms with Gasteiger partial charge in [-0.1, -0.05) is 0 Å². The third-order valence-corrected chi connectivity index (χ3v) is 7.06. The summed E-state index contributed by atoms with van der Waals surface area (Å²) >= 11 is 4.33.